The molecule has 0 aliphatic heterocycles. The third-order valence-corrected chi connectivity index (χ3v) is 10.2. The molecule has 0 atom stereocenters. The van der Waals surface area contributed by atoms with Crippen molar-refractivity contribution >= 4 is 28.5 Å². The van der Waals surface area contributed by atoms with E-state index in [4.69, 9.17) is 0 Å². The van der Waals surface area contributed by atoms with E-state index in [1.165, 1.54) is 15.9 Å². The first-order chi connectivity index (χ1) is 15.8. The maximum atomic E-state index is 11.3. The molecule has 0 radical (unpaired) electrons. The van der Waals surface area contributed by atoms with Crippen molar-refractivity contribution in [1.29, 1.82) is 0 Å². The second kappa shape index (κ2) is 8.83. The van der Waals surface area contributed by atoms with Crippen LogP contribution in [-0.4, -0.2) is 5.11 Å². The monoisotopic (exact) mass is 431 g/mol. The summed E-state index contributed by atoms with van der Waals surface area (Å²) in [6.45, 7) is 0. The minimum absolute atomic E-state index is 0.328. The lowest BCUT2D eigenvalue weighted by molar-refractivity contribution is 0.480. The van der Waals surface area contributed by atoms with Crippen molar-refractivity contribution in [3.63, 3.8) is 0 Å². The number of hydrogen-bond donors (Lipinski definition) is 1. The molecule has 1 nitrogen and oxygen atoms in total. The third kappa shape index (κ3) is 3.51. The van der Waals surface area contributed by atoms with Crippen LogP contribution in [-0.2, 0) is 0 Å². The van der Waals surface area contributed by atoms with E-state index in [0.29, 0.717) is 5.75 Å². The van der Waals surface area contributed by atoms with E-state index in [1.54, 1.807) is 0 Å². The van der Waals surface area contributed by atoms with Gasteiger partial charge in [0.15, 0.2) is 11.1 Å². The Hall–Kier alpha value is -3.67. The van der Waals surface area contributed by atoms with Crippen LogP contribution in [0.5, 0.6) is 5.75 Å². The van der Waals surface area contributed by atoms with Crippen molar-refractivity contribution in [2.45, 2.75) is 0 Å². The first-order valence-electron chi connectivity index (χ1n) is 10.7. The Kier molecular flexibility index (Phi) is 5.58. The number of rotatable bonds is 5. The lowest BCUT2D eigenvalue weighted by Gasteiger charge is -2.28. The number of hydrogen-bond acceptors (Lipinski definition) is 1. The average molecular weight is 431 g/mol. The lowest BCUT2D eigenvalue weighted by Crippen LogP contribution is -2.38. The van der Waals surface area contributed by atoms with Crippen LogP contribution in [0.4, 0.5) is 0 Å². The molecule has 5 aromatic carbocycles. The quantitative estimate of drug-likeness (QED) is 0.355. The Balaban J connectivity index is 1.90. The molecule has 0 aliphatic rings. The molecule has 0 aliphatic carbocycles. The maximum Gasteiger partial charge on any atom is 0.159 e. The number of phenolic OH excluding ortho intramolecular Hbond substituents is 1. The second-order valence-electron chi connectivity index (χ2n) is 7.75. The third-order valence-electron chi connectivity index (χ3n) is 5.87. The zero-order valence-corrected chi connectivity index (χ0v) is 18.6. The Morgan fingerprint density at radius 2 is 0.812 bits per heavy atom. The van der Waals surface area contributed by atoms with Gasteiger partial charge in [0.25, 0.3) is 0 Å². The molecule has 0 fully saturated rings. The maximum absolute atomic E-state index is 11.3. The standard InChI is InChI=1S/C30H23OP/c31-29-22-21-25(24-13-5-1-6-14-24)23-30(29)32(26-15-7-2-8-16-26,27-17-9-3-10-18-27)28-19-11-4-12-20-28/h1-23H/p+1. The fourth-order valence-electron chi connectivity index (χ4n) is 4.42. The smallest absolute Gasteiger partial charge is 0.159 e. The molecule has 5 aromatic rings. The van der Waals surface area contributed by atoms with E-state index in [0.717, 1.165) is 16.4 Å². The van der Waals surface area contributed by atoms with Gasteiger partial charge in [0.05, 0.1) is 0 Å². The summed E-state index contributed by atoms with van der Waals surface area (Å²) in [6, 6.07) is 48.3. The van der Waals surface area contributed by atoms with Gasteiger partial charge in [-0.1, -0.05) is 91.0 Å². The van der Waals surface area contributed by atoms with Gasteiger partial charge in [-0.3, -0.25) is 0 Å². The van der Waals surface area contributed by atoms with Gasteiger partial charge in [-0.15, -0.1) is 0 Å². The molecule has 2 heteroatoms. The molecule has 0 amide bonds. The minimum atomic E-state index is -2.34. The van der Waals surface area contributed by atoms with Crippen LogP contribution in [0.1, 0.15) is 0 Å². The van der Waals surface area contributed by atoms with E-state index < -0.39 is 7.26 Å². The molecule has 1 N–H and O–H groups in total. The van der Waals surface area contributed by atoms with Crippen LogP contribution in [0.3, 0.4) is 0 Å². The molecular weight excluding hydrogens is 407 g/mol. The topological polar surface area (TPSA) is 20.2 Å². The summed E-state index contributed by atoms with van der Waals surface area (Å²) >= 11 is 0. The molecule has 0 aromatic heterocycles. The van der Waals surface area contributed by atoms with Crippen molar-refractivity contribution in [3.8, 4) is 16.9 Å². The van der Waals surface area contributed by atoms with Crippen LogP contribution in [0.15, 0.2) is 140 Å². The Morgan fingerprint density at radius 3 is 1.25 bits per heavy atom. The van der Waals surface area contributed by atoms with Crippen molar-refractivity contribution in [2.75, 3.05) is 0 Å². The van der Waals surface area contributed by atoms with E-state index in [2.05, 4.69) is 121 Å². The van der Waals surface area contributed by atoms with Crippen LogP contribution in [0.2, 0.25) is 0 Å². The average Bonchev–Trinajstić information content (AvgIpc) is 2.88. The highest BCUT2D eigenvalue weighted by Gasteiger charge is 2.49. The summed E-state index contributed by atoms with van der Waals surface area (Å²) < 4.78 is 0. The Labute approximate surface area is 190 Å². The molecule has 32 heavy (non-hydrogen) atoms. The van der Waals surface area contributed by atoms with Gasteiger partial charge in [0.1, 0.15) is 23.2 Å². The minimum Gasteiger partial charge on any atom is -0.504 e. The highest BCUT2D eigenvalue weighted by atomic mass is 31.2. The lowest BCUT2D eigenvalue weighted by atomic mass is 10.1. The normalized spacial score (nSPS) is 11.2. The summed E-state index contributed by atoms with van der Waals surface area (Å²) in [5, 5.41) is 16.0. The molecule has 0 spiro atoms. The SMILES string of the molecule is Oc1ccc(-c2ccccc2)cc1[P+](c1ccccc1)(c1ccccc1)c1ccccc1. The molecule has 0 saturated carbocycles. The summed E-state index contributed by atoms with van der Waals surface area (Å²) in [7, 11) is -2.34. The number of aromatic hydroxyl groups is 1. The van der Waals surface area contributed by atoms with Gasteiger partial charge in [-0.05, 0) is 59.7 Å². The second-order valence-corrected chi connectivity index (χ2v) is 11.1. The number of benzene rings is 5. The van der Waals surface area contributed by atoms with Crippen LogP contribution >= 0.6 is 7.26 Å². The van der Waals surface area contributed by atoms with Crippen molar-refractivity contribution in [2.24, 2.45) is 0 Å². The first kappa shape index (κ1) is 20.2. The number of phenols is 1. The van der Waals surface area contributed by atoms with Crippen molar-refractivity contribution in [3.05, 3.63) is 140 Å². The van der Waals surface area contributed by atoms with Crippen molar-refractivity contribution < 1.29 is 5.11 Å². The highest BCUT2D eigenvalue weighted by Crippen LogP contribution is 2.56. The van der Waals surface area contributed by atoms with Crippen LogP contribution in [0, 0.1) is 0 Å². The molecule has 154 valence electrons. The Morgan fingerprint density at radius 1 is 0.406 bits per heavy atom. The fraction of sp³-hybridized carbons (Fsp3) is 0. The van der Waals surface area contributed by atoms with Gasteiger partial charge in [0.2, 0.25) is 0 Å². The zero-order chi connectivity index (χ0) is 21.8. The van der Waals surface area contributed by atoms with E-state index in [-0.39, 0.29) is 0 Å². The molecule has 0 heterocycles. The van der Waals surface area contributed by atoms with Gasteiger partial charge in [-0.2, -0.15) is 0 Å². The summed E-state index contributed by atoms with van der Waals surface area (Å²) in [5.74, 6) is 0.328. The molecule has 0 saturated heterocycles. The van der Waals surface area contributed by atoms with Gasteiger partial charge in [0, 0.05) is 0 Å². The predicted molar refractivity (Wildman–Crippen MR) is 138 cm³/mol. The first-order valence-corrected chi connectivity index (χ1v) is 12.5. The van der Waals surface area contributed by atoms with Crippen LogP contribution < -0.4 is 21.2 Å². The van der Waals surface area contributed by atoms with Gasteiger partial charge >= 0.3 is 0 Å². The van der Waals surface area contributed by atoms with E-state index in [9.17, 15) is 5.11 Å². The van der Waals surface area contributed by atoms with Gasteiger partial charge < -0.3 is 5.11 Å². The molecule has 0 unspecified atom stereocenters. The molecule has 0 bridgehead atoms. The molecular formula is C30H24OP+. The zero-order valence-electron chi connectivity index (χ0n) is 17.7. The van der Waals surface area contributed by atoms with E-state index >= 15 is 0 Å². The fourth-order valence-corrected chi connectivity index (χ4v) is 8.76. The summed E-state index contributed by atoms with van der Waals surface area (Å²) in [5.41, 5.74) is 2.24. The summed E-state index contributed by atoms with van der Waals surface area (Å²) in [6.07, 6.45) is 0. The van der Waals surface area contributed by atoms with E-state index in [1.807, 2.05) is 18.2 Å². The summed E-state index contributed by atoms with van der Waals surface area (Å²) in [4.78, 5) is 0. The largest absolute Gasteiger partial charge is 0.504 e. The Bertz CT molecular complexity index is 1200. The molecule has 5 rings (SSSR count). The predicted octanol–water partition coefficient (Wildman–Crippen LogP) is 5.68. The van der Waals surface area contributed by atoms with Crippen LogP contribution in [0.25, 0.3) is 11.1 Å². The van der Waals surface area contributed by atoms with Crippen molar-refractivity contribution in [1.82, 2.24) is 0 Å². The highest BCUT2D eigenvalue weighted by molar-refractivity contribution is 8.01. The van der Waals surface area contributed by atoms with Gasteiger partial charge in [-0.25, -0.2) is 0 Å².